The summed E-state index contributed by atoms with van der Waals surface area (Å²) in [6, 6.07) is 0. The normalized spacial score (nSPS) is 19.7. The summed E-state index contributed by atoms with van der Waals surface area (Å²) in [5.74, 6) is 0. The topological polar surface area (TPSA) is 0 Å². The zero-order valence-electron chi connectivity index (χ0n) is 6.55. The molecule has 0 aromatic rings. The lowest BCUT2D eigenvalue weighted by Crippen LogP contribution is -2.12. The van der Waals surface area contributed by atoms with Crippen molar-refractivity contribution in [2.75, 3.05) is 0 Å². The van der Waals surface area contributed by atoms with E-state index < -0.39 is 8.80 Å². The van der Waals surface area contributed by atoms with Crippen LogP contribution in [0.3, 0.4) is 0 Å². The molecule has 0 aromatic carbocycles. The molecule has 0 atom stereocenters. The molecule has 1 rings (SSSR count). The van der Waals surface area contributed by atoms with E-state index in [0.29, 0.717) is 0 Å². The van der Waals surface area contributed by atoms with Crippen LogP contribution in [0.2, 0.25) is 5.54 Å². The van der Waals surface area contributed by atoms with Crippen molar-refractivity contribution in [3.63, 3.8) is 0 Å². The van der Waals surface area contributed by atoms with E-state index in [1.54, 1.807) is 0 Å². The van der Waals surface area contributed by atoms with Gasteiger partial charge in [-0.25, -0.2) is 0 Å². The fraction of sp³-hybridized carbons (Fsp3) is 0.556. The Morgan fingerprint density at radius 2 is 1.60 bits per heavy atom. The summed E-state index contributed by atoms with van der Waals surface area (Å²) in [6.07, 6.45) is 5.76. The number of rotatable bonds is 3. The average Bonchev–Trinajstić information content (AvgIpc) is 2.43. The van der Waals surface area contributed by atoms with Crippen LogP contribution in [0.15, 0.2) is 24.6 Å². The van der Waals surface area contributed by atoms with Crippen molar-refractivity contribution in [3.8, 4) is 0 Å². The average molecular weight is 152 g/mol. The molecule has 1 aliphatic rings. The Bertz CT molecular complexity index is 115. The molecule has 0 heterocycles. The van der Waals surface area contributed by atoms with E-state index in [0.717, 1.165) is 5.54 Å². The molecule has 0 aliphatic heterocycles. The van der Waals surface area contributed by atoms with Crippen LogP contribution >= 0.6 is 0 Å². The second kappa shape index (κ2) is 3.77. The fourth-order valence-electron chi connectivity index (χ4n) is 1.82. The zero-order chi connectivity index (χ0) is 7.40. The van der Waals surface area contributed by atoms with E-state index >= 15 is 0 Å². The molecule has 0 N–H and O–H groups in total. The maximum Gasteiger partial charge on any atom is 0.0869 e. The summed E-state index contributed by atoms with van der Waals surface area (Å²) >= 11 is 0. The van der Waals surface area contributed by atoms with Crippen molar-refractivity contribution < 1.29 is 0 Å². The highest BCUT2D eigenvalue weighted by Crippen LogP contribution is 2.33. The Morgan fingerprint density at radius 1 is 1.10 bits per heavy atom. The van der Waals surface area contributed by atoms with E-state index in [9.17, 15) is 0 Å². The highest BCUT2D eigenvalue weighted by molar-refractivity contribution is 6.70. The summed E-state index contributed by atoms with van der Waals surface area (Å²) in [4.78, 5) is 0. The predicted octanol–water partition coefficient (Wildman–Crippen LogP) is 2.61. The van der Waals surface area contributed by atoms with Crippen molar-refractivity contribution in [1.29, 1.82) is 0 Å². The van der Waals surface area contributed by atoms with Crippen LogP contribution < -0.4 is 0 Å². The molecule has 0 unspecified atom stereocenters. The third kappa shape index (κ3) is 1.60. The second-order valence-corrected chi connectivity index (χ2v) is 6.13. The zero-order valence-corrected chi connectivity index (χ0v) is 7.71. The van der Waals surface area contributed by atoms with Crippen molar-refractivity contribution in [1.82, 2.24) is 0 Å². The molecule has 0 radical (unpaired) electrons. The summed E-state index contributed by atoms with van der Waals surface area (Å²) < 4.78 is 0. The first kappa shape index (κ1) is 7.80. The van der Waals surface area contributed by atoms with E-state index in [-0.39, 0.29) is 0 Å². The van der Waals surface area contributed by atoms with Gasteiger partial charge in [-0.3, -0.25) is 0 Å². The quantitative estimate of drug-likeness (QED) is 0.545. The number of hydrogen-bond acceptors (Lipinski definition) is 0. The van der Waals surface area contributed by atoms with Crippen molar-refractivity contribution in [2.45, 2.75) is 31.2 Å². The lowest BCUT2D eigenvalue weighted by atomic mass is 10.4. The van der Waals surface area contributed by atoms with Crippen molar-refractivity contribution >= 4 is 8.80 Å². The highest BCUT2D eigenvalue weighted by atomic mass is 28.3. The molecular weight excluding hydrogens is 136 g/mol. The summed E-state index contributed by atoms with van der Waals surface area (Å²) in [6.45, 7) is 7.73. The Labute approximate surface area is 65.3 Å². The molecule has 1 fully saturated rings. The Morgan fingerprint density at radius 3 is 2.00 bits per heavy atom. The molecule has 1 saturated carbocycles. The van der Waals surface area contributed by atoms with Gasteiger partial charge in [-0.1, -0.05) is 25.7 Å². The van der Waals surface area contributed by atoms with Gasteiger partial charge in [0.1, 0.15) is 0 Å². The molecule has 0 amide bonds. The first-order valence-electron chi connectivity index (χ1n) is 4.13. The second-order valence-electron chi connectivity index (χ2n) is 3.09. The molecule has 0 aromatic heterocycles. The van der Waals surface area contributed by atoms with Gasteiger partial charge in [0.2, 0.25) is 0 Å². The molecule has 1 heteroatoms. The van der Waals surface area contributed by atoms with Crippen LogP contribution in [-0.4, -0.2) is 8.80 Å². The summed E-state index contributed by atoms with van der Waals surface area (Å²) in [7, 11) is -0.717. The van der Waals surface area contributed by atoms with E-state index in [1.807, 2.05) is 0 Å². The van der Waals surface area contributed by atoms with Crippen molar-refractivity contribution in [3.05, 3.63) is 24.6 Å². The van der Waals surface area contributed by atoms with Crippen LogP contribution in [-0.2, 0) is 0 Å². The lowest BCUT2D eigenvalue weighted by Gasteiger charge is -2.12. The first-order valence-corrected chi connectivity index (χ1v) is 6.13. The molecule has 0 nitrogen and oxygen atoms in total. The van der Waals surface area contributed by atoms with Gasteiger partial charge in [-0.15, -0.1) is 24.6 Å². The highest BCUT2D eigenvalue weighted by Gasteiger charge is 2.20. The Kier molecular flexibility index (Phi) is 2.94. The van der Waals surface area contributed by atoms with Crippen LogP contribution in [0, 0.1) is 0 Å². The van der Waals surface area contributed by atoms with Crippen LogP contribution in [0.25, 0.3) is 0 Å². The van der Waals surface area contributed by atoms with Gasteiger partial charge in [0.05, 0.1) is 8.80 Å². The van der Waals surface area contributed by atoms with E-state index in [1.165, 1.54) is 25.7 Å². The van der Waals surface area contributed by atoms with Crippen LogP contribution in [0.5, 0.6) is 0 Å². The maximum atomic E-state index is 3.87. The van der Waals surface area contributed by atoms with Gasteiger partial charge in [0.15, 0.2) is 0 Å². The van der Waals surface area contributed by atoms with Gasteiger partial charge in [-0.2, -0.15) is 0 Å². The SMILES string of the molecule is C=C[SiH](C=C)C1CCCC1. The maximum absolute atomic E-state index is 3.87. The smallest absolute Gasteiger partial charge is 0.0869 e. The van der Waals surface area contributed by atoms with Gasteiger partial charge < -0.3 is 0 Å². The lowest BCUT2D eigenvalue weighted by molar-refractivity contribution is 0.863. The van der Waals surface area contributed by atoms with Crippen molar-refractivity contribution in [2.24, 2.45) is 0 Å². The van der Waals surface area contributed by atoms with Gasteiger partial charge in [0.25, 0.3) is 0 Å². The predicted molar refractivity (Wildman–Crippen MR) is 49.8 cm³/mol. The summed E-state index contributed by atoms with van der Waals surface area (Å²) in [5, 5.41) is 0. The molecular formula is C9H16Si. The monoisotopic (exact) mass is 152 g/mol. The molecule has 56 valence electrons. The number of hydrogen-bond donors (Lipinski definition) is 0. The third-order valence-electron chi connectivity index (χ3n) is 2.49. The van der Waals surface area contributed by atoms with Gasteiger partial charge in [0, 0.05) is 0 Å². The standard InChI is InChI=1S/C9H16Si/c1-3-10(4-2)9-7-5-6-8-9/h3-4,9-10H,1-2,5-8H2. The molecule has 1 aliphatic carbocycles. The fourth-order valence-corrected chi connectivity index (χ4v) is 4.03. The molecule has 0 spiro atoms. The Balaban J connectivity index is 2.43. The van der Waals surface area contributed by atoms with E-state index in [4.69, 9.17) is 0 Å². The summed E-state index contributed by atoms with van der Waals surface area (Å²) in [5.41, 5.74) is 5.33. The molecule has 10 heavy (non-hydrogen) atoms. The largest absolute Gasteiger partial charge is 0.107 e. The first-order chi connectivity index (χ1) is 4.88. The minimum Gasteiger partial charge on any atom is -0.107 e. The third-order valence-corrected chi connectivity index (χ3v) is 5.33. The van der Waals surface area contributed by atoms with Gasteiger partial charge >= 0.3 is 0 Å². The van der Waals surface area contributed by atoms with E-state index in [2.05, 4.69) is 24.6 Å². The Hall–Kier alpha value is -0.303. The van der Waals surface area contributed by atoms with Crippen LogP contribution in [0.1, 0.15) is 25.7 Å². The molecule has 0 bridgehead atoms. The molecule has 0 saturated heterocycles. The minimum atomic E-state index is -0.717. The van der Waals surface area contributed by atoms with Crippen LogP contribution in [0.4, 0.5) is 0 Å². The van der Waals surface area contributed by atoms with Gasteiger partial charge in [-0.05, 0) is 5.54 Å². The minimum absolute atomic E-state index is 0.717.